The van der Waals surface area contributed by atoms with Gasteiger partial charge in [0.2, 0.25) is 0 Å². The summed E-state index contributed by atoms with van der Waals surface area (Å²) in [7, 11) is 0. The number of nitrogen functional groups attached to an aromatic ring is 1. The third-order valence-corrected chi connectivity index (χ3v) is 2.33. The number of hydrogen-bond acceptors (Lipinski definition) is 3. The zero-order valence-corrected chi connectivity index (χ0v) is 10.2. The van der Waals surface area contributed by atoms with Crippen LogP contribution in [0.5, 0.6) is 0 Å². The predicted molar refractivity (Wildman–Crippen MR) is 68.7 cm³/mol. The van der Waals surface area contributed by atoms with Crippen LogP contribution in [0.25, 0.3) is 0 Å². The summed E-state index contributed by atoms with van der Waals surface area (Å²) >= 11 is 5.35. The molecule has 0 bridgehead atoms. The number of hydrogen-bond donors (Lipinski definition) is 1. The highest BCUT2D eigenvalue weighted by atomic mass is 35.5. The normalized spacial score (nSPS) is 12.1. The molecule has 0 saturated heterocycles. The van der Waals surface area contributed by atoms with E-state index in [2.05, 4.69) is 5.16 Å². The lowest BCUT2D eigenvalue weighted by Gasteiger charge is -2.04. The Morgan fingerprint density at radius 3 is 2.94 bits per heavy atom. The van der Waals surface area contributed by atoms with Gasteiger partial charge in [0, 0.05) is 11.2 Å². The molecule has 0 atom stereocenters. The van der Waals surface area contributed by atoms with Crippen LogP contribution in [0.15, 0.2) is 35.0 Å². The SMILES string of the molecule is C/C(=N\OC/C=C/Cl)c1ccc(N)c(C)c1. The van der Waals surface area contributed by atoms with Crippen molar-refractivity contribution >= 4 is 23.0 Å². The Bertz CT molecular complexity index is 413. The maximum Gasteiger partial charge on any atom is 0.136 e. The Hall–Kier alpha value is -1.48. The molecule has 4 heteroatoms. The van der Waals surface area contributed by atoms with E-state index in [1.54, 1.807) is 6.08 Å². The maximum absolute atomic E-state index is 5.73. The number of anilines is 1. The lowest BCUT2D eigenvalue weighted by molar-refractivity contribution is 0.175. The number of nitrogens with zero attached hydrogens (tertiary/aromatic N) is 1. The third kappa shape index (κ3) is 3.59. The predicted octanol–water partition coefficient (Wildman–Crippen LogP) is 3.07. The Morgan fingerprint density at radius 2 is 2.31 bits per heavy atom. The van der Waals surface area contributed by atoms with Crippen LogP contribution >= 0.6 is 11.6 Å². The molecule has 0 radical (unpaired) electrons. The van der Waals surface area contributed by atoms with Crippen molar-refractivity contribution in [3.8, 4) is 0 Å². The first-order chi connectivity index (χ1) is 7.65. The molecule has 0 spiro atoms. The molecule has 0 unspecified atom stereocenters. The average molecular weight is 239 g/mol. The molecular weight excluding hydrogens is 224 g/mol. The van der Waals surface area contributed by atoms with E-state index in [1.807, 2.05) is 32.0 Å². The summed E-state index contributed by atoms with van der Waals surface area (Å²) < 4.78 is 0. The minimum atomic E-state index is 0.370. The van der Waals surface area contributed by atoms with Crippen LogP contribution in [0.1, 0.15) is 18.1 Å². The van der Waals surface area contributed by atoms with Gasteiger partial charge >= 0.3 is 0 Å². The number of halogens is 1. The van der Waals surface area contributed by atoms with Gasteiger partial charge in [0.1, 0.15) is 6.61 Å². The zero-order valence-electron chi connectivity index (χ0n) is 9.40. The van der Waals surface area contributed by atoms with Gasteiger partial charge in [-0.15, -0.1) is 0 Å². The van der Waals surface area contributed by atoms with E-state index in [-0.39, 0.29) is 0 Å². The van der Waals surface area contributed by atoms with Gasteiger partial charge in [0.15, 0.2) is 0 Å². The smallest absolute Gasteiger partial charge is 0.136 e. The fourth-order valence-electron chi connectivity index (χ4n) is 1.17. The van der Waals surface area contributed by atoms with Gasteiger partial charge in [0.25, 0.3) is 0 Å². The molecule has 0 fully saturated rings. The summed E-state index contributed by atoms with van der Waals surface area (Å²) in [6, 6.07) is 5.76. The first-order valence-corrected chi connectivity index (χ1v) is 5.37. The lowest BCUT2D eigenvalue weighted by Crippen LogP contribution is -1.99. The van der Waals surface area contributed by atoms with Gasteiger partial charge in [-0.25, -0.2) is 0 Å². The van der Waals surface area contributed by atoms with Crippen LogP contribution < -0.4 is 5.73 Å². The topological polar surface area (TPSA) is 47.6 Å². The van der Waals surface area contributed by atoms with Crippen LogP contribution in [0, 0.1) is 6.92 Å². The van der Waals surface area contributed by atoms with Gasteiger partial charge in [-0.2, -0.15) is 0 Å². The standard InChI is InChI=1S/C12H15ClN2O/c1-9-8-11(4-5-12(9)14)10(2)15-16-7-3-6-13/h3-6,8H,7,14H2,1-2H3/b6-3+,15-10+. The van der Waals surface area contributed by atoms with Crippen molar-refractivity contribution in [1.29, 1.82) is 0 Å². The largest absolute Gasteiger partial charge is 0.399 e. The van der Waals surface area contributed by atoms with Crippen LogP contribution in [-0.2, 0) is 4.84 Å². The van der Waals surface area contributed by atoms with E-state index in [0.717, 1.165) is 22.5 Å². The Morgan fingerprint density at radius 1 is 1.56 bits per heavy atom. The number of aryl methyl sites for hydroxylation is 1. The second kappa shape index (κ2) is 6.18. The second-order valence-corrected chi connectivity index (χ2v) is 3.66. The van der Waals surface area contributed by atoms with Crippen LogP contribution in [-0.4, -0.2) is 12.3 Å². The van der Waals surface area contributed by atoms with Crippen molar-refractivity contribution in [1.82, 2.24) is 0 Å². The van der Waals surface area contributed by atoms with Crippen molar-refractivity contribution in [3.05, 3.63) is 40.9 Å². The van der Waals surface area contributed by atoms with Crippen LogP contribution in [0.3, 0.4) is 0 Å². The number of oxime groups is 1. The molecule has 1 aromatic carbocycles. The molecule has 2 N–H and O–H groups in total. The molecule has 0 saturated carbocycles. The number of benzene rings is 1. The quantitative estimate of drug-likeness (QED) is 0.379. The summed E-state index contributed by atoms with van der Waals surface area (Å²) in [6.07, 6.45) is 1.67. The molecule has 0 aliphatic rings. The van der Waals surface area contributed by atoms with Crippen molar-refractivity contribution in [2.45, 2.75) is 13.8 Å². The highest BCUT2D eigenvalue weighted by molar-refractivity contribution is 6.25. The van der Waals surface area contributed by atoms with E-state index >= 15 is 0 Å². The summed E-state index contributed by atoms with van der Waals surface area (Å²) in [5.74, 6) is 0. The molecule has 0 heterocycles. The first kappa shape index (κ1) is 12.6. The van der Waals surface area contributed by atoms with Gasteiger partial charge in [-0.1, -0.05) is 22.8 Å². The van der Waals surface area contributed by atoms with Crippen molar-refractivity contribution in [3.63, 3.8) is 0 Å². The fraction of sp³-hybridized carbons (Fsp3) is 0.250. The van der Waals surface area contributed by atoms with Gasteiger partial charge in [0.05, 0.1) is 5.71 Å². The Kier molecular flexibility index (Phi) is 4.86. The zero-order chi connectivity index (χ0) is 12.0. The average Bonchev–Trinajstić information content (AvgIpc) is 2.28. The maximum atomic E-state index is 5.73. The van der Waals surface area contributed by atoms with Gasteiger partial charge in [-0.05, 0) is 43.2 Å². The molecule has 86 valence electrons. The number of nitrogens with two attached hydrogens (primary N) is 1. The Labute approximate surface area is 101 Å². The lowest BCUT2D eigenvalue weighted by atomic mass is 10.1. The van der Waals surface area contributed by atoms with Gasteiger partial charge in [-0.3, -0.25) is 0 Å². The Balaban J connectivity index is 2.72. The molecule has 1 aromatic rings. The van der Waals surface area contributed by atoms with E-state index in [0.29, 0.717) is 6.61 Å². The molecule has 0 amide bonds. The minimum absolute atomic E-state index is 0.370. The molecule has 0 aliphatic carbocycles. The number of rotatable bonds is 4. The highest BCUT2D eigenvalue weighted by Crippen LogP contribution is 2.13. The summed E-state index contributed by atoms with van der Waals surface area (Å²) in [4.78, 5) is 5.05. The van der Waals surface area contributed by atoms with Crippen molar-refractivity contribution < 1.29 is 4.84 Å². The van der Waals surface area contributed by atoms with Crippen LogP contribution in [0.4, 0.5) is 5.69 Å². The van der Waals surface area contributed by atoms with E-state index < -0.39 is 0 Å². The molecule has 3 nitrogen and oxygen atoms in total. The summed E-state index contributed by atoms with van der Waals surface area (Å²) in [6.45, 7) is 4.22. The first-order valence-electron chi connectivity index (χ1n) is 4.93. The van der Waals surface area contributed by atoms with Crippen molar-refractivity contribution in [2.75, 3.05) is 12.3 Å². The third-order valence-electron chi connectivity index (χ3n) is 2.15. The highest BCUT2D eigenvalue weighted by Gasteiger charge is 2.00. The fourth-order valence-corrected chi connectivity index (χ4v) is 1.24. The molecule has 0 aromatic heterocycles. The molecule has 0 aliphatic heterocycles. The summed E-state index contributed by atoms with van der Waals surface area (Å²) in [5.41, 5.74) is 10.8. The van der Waals surface area contributed by atoms with E-state index in [1.165, 1.54) is 5.54 Å². The van der Waals surface area contributed by atoms with Gasteiger partial charge < -0.3 is 10.6 Å². The molecule has 16 heavy (non-hydrogen) atoms. The van der Waals surface area contributed by atoms with Crippen molar-refractivity contribution in [2.24, 2.45) is 5.16 Å². The van der Waals surface area contributed by atoms with E-state index in [4.69, 9.17) is 22.2 Å². The molecular formula is C12H15ClN2O. The monoisotopic (exact) mass is 238 g/mol. The molecule has 1 rings (SSSR count). The minimum Gasteiger partial charge on any atom is -0.399 e. The van der Waals surface area contributed by atoms with Crippen LogP contribution in [0.2, 0.25) is 0 Å². The van der Waals surface area contributed by atoms with E-state index in [9.17, 15) is 0 Å². The second-order valence-electron chi connectivity index (χ2n) is 3.41. The summed E-state index contributed by atoms with van der Waals surface area (Å²) in [5, 5.41) is 3.97.